The largest absolute Gasteiger partial charge is 0.342 e. The number of aromatic nitrogens is 1. The monoisotopic (exact) mass is 427 g/mol. The minimum atomic E-state index is -0.480. The molecule has 1 N–H and O–H groups in total. The van der Waals surface area contributed by atoms with Gasteiger partial charge in [-0.3, -0.25) is 14.6 Å². The zero-order valence-corrected chi connectivity index (χ0v) is 18.6. The first-order valence-corrected chi connectivity index (χ1v) is 11.5. The zero-order valence-electron chi connectivity index (χ0n) is 18.6. The van der Waals surface area contributed by atoms with Crippen molar-refractivity contribution in [2.75, 3.05) is 0 Å². The number of rotatable bonds is 5. The van der Waals surface area contributed by atoms with E-state index in [-0.39, 0.29) is 17.7 Å². The van der Waals surface area contributed by atoms with Gasteiger partial charge >= 0.3 is 0 Å². The number of piperazine rings is 1. The number of pyridine rings is 1. The quantitative estimate of drug-likeness (QED) is 0.672. The molecule has 0 spiro atoms. The van der Waals surface area contributed by atoms with Crippen LogP contribution in [0.3, 0.4) is 0 Å². The summed E-state index contributed by atoms with van der Waals surface area (Å²) in [5.41, 5.74) is 4.51. The Morgan fingerprint density at radius 2 is 1.69 bits per heavy atom. The van der Waals surface area contributed by atoms with Gasteiger partial charge in [0.1, 0.15) is 12.1 Å². The molecule has 164 valence electrons. The zero-order chi connectivity index (χ0) is 22.2. The number of carbonyl (C=O) groups excluding carboxylic acids is 2. The predicted octanol–water partition coefficient (Wildman–Crippen LogP) is 3.89. The van der Waals surface area contributed by atoms with Gasteiger partial charge in [-0.1, -0.05) is 56.3 Å². The van der Waals surface area contributed by atoms with Gasteiger partial charge in [-0.2, -0.15) is 0 Å². The van der Waals surface area contributed by atoms with Crippen molar-refractivity contribution in [1.82, 2.24) is 15.2 Å². The summed E-state index contributed by atoms with van der Waals surface area (Å²) in [7, 11) is 0. The normalized spacial score (nSPS) is 21.3. The van der Waals surface area contributed by atoms with Crippen molar-refractivity contribution in [2.24, 2.45) is 11.8 Å². The molecule has 5 nitrogen and oxygen atoms in total. The summed E-state index contributed by atoms with van der Waals surface area (Å²) in [4.78, 5) is 33.4. The van der Waals surface area contributed by atoms with E-state index < -0.39 is 12.1 Å². The van der Waals surface area contributed by atoms with Crippen molar-refractivity contribution in [3.05, 3.63) is 77.5 Å². The first-order chi connectivity index (χ1) is 15.5. The van der Waals surface area contributed by atoms with E-state index in [4.69, 9.17) is 0 Å². The molecule has 2 aromatic carbocycles. The van der Waals surface area contributed by atoms with Crippen LogP contribution in [0.5, 0.6) is 0 Å². The third kappa shape index (κ3) is 3.77. The summed E-state index contributed by atoms with van der Waals surface area (Å²) < 4.78 is 0. The SMILES string of the molecule is CC(C)C[C@@H]1C(=O)N[C@H](C2Cc3ccccc3C2)C(=O)N1Cc1ccnc2ccccc12. The summed E-state index contributed by atoms with van der Waals surface area (Å²) in [6.45, 7) is 4.61. The second-order valence-electron chi connectivity index (χ2n) is 9.52. The Morgan fingerprint density at radius 3 is 2.41 bits per heavy atom. The van der Waals surface area contributed by atoms with Gasteiger partial charge in [-0.15, -0.1) is 0 Å². The lowest BCUT2D eigenvalue weighted by atomic mass is 9.89. The average molecular weight is 428 g/mol. The van der Waals surface area contributed by atoms with Crippen LogP contribution < -0.4 is 5.32 Å². The maximum atomic E-state index is 13.8. The highest BCUT2D eigenvalue weighted by atomic mass is 16.2. The highest BCUT2D eigenvalue weighted by molar-refractivity contribution is 5.97. The highest BCUT2D eigenvalue weighted by Crippen LogP contribution is 2.32. The number of nitrogens with one attached hydrogen (secondary N) is 1. The van der Waals surface area contributed by atoms with Gasteiger partial charge in [-0.25, -0.2) is 0 Å². The molecule has 5 heteroatoms. The maximum absolute atomic E-state index is 13.8. The number of hydrogen-bond donors (Lipinski definition) is 1. The van der Waals surface area contributed by atoms with Crippen LogP contribution >= 0.6 is 0 Å². The van der Waals surface area contributed by atoms with Crippen LogP contribution in [0.4, 0.5) is 0 Å². The summed E-state index contributed by atoms with van der Waals surface area (Å²) >= 11 is 0. The molecule has 1 aromatic heterocycles. The van der Waals surface area contributed by atoms with Gasteiger partial charge in [0.25, 0.3) is 0 Å². The molecule has 1 saturated heterocycles. The molecule has 0 unspecified atom stereocenters. The van der Waals surface area contributed by atoms with Gasteiger partial charge in [0.2, 0.25) is 11.8 Å². The van der Waals surface area contributed by atoms with E-state index in [9.17, 15) is 9.59 Å². The van der Waals surface area contributed by atoms with Gasteiger partial charge in [-0.05, 0) is 59.9 Å². The van der Waals surface area contributed by atoms with E-state index in [0.717, 1.165) is 29.3 Å². The predicted molar refractivity (Wildman–Crippen MR) is 125 cm³/mol. The molecular weight excluding hydrogens is 398 g/mol. The van der Waals surface area contributed by atoms with Crippen molar-refractivity contribution in [2.45, 2.75) is 51.7 Å². The molecule has 2 amide bonds. The molecule has 1 aliphatic heterocycles. The van der Waals surface area contributed by atoms with Crippen LogP contribution in [0.1, 0.15) is 37.0 Å². The van der Waals surface area contributed by atoms with E-state index in [2.05, 4.69) is 36.3 Å². The highest BCUT2D eigenvalue weighted by Gasteiger charge is 2.45. The molecule has 0 radical (unpaired) electrons. The van der Waals surface area contributed by atoms with E-state index in [0.29, 0.717) is 18.9 Å². The van der Waals surface area contributed by atoms with Crippen molar-refractivity contribution in [3.63, 3.8) is 0 Å². The van der Waals surface area contributed by atoms with E-state index in [1.165, 1.54) is 11.1 Å². The number of carbonyl (C=O) groups is 2. The van der Waals surface area contributed by atoms with Gasteiger partial charge < -0.3 is 10.2 Å². The molecule has 3 aromatic rings. The Morgan fingerprint density at radius 1 is 1.00 bits per heavy atom. The Labute approximate surface area is 188 Å². The lowest BCUT2D eigenvalue weighted by molar-refractivity contribution is -0.152. The Balaban J connectivity index is 1.47. The first kappa shape index (κ1) is 20.7. The van der Waals surface area contributed by atoms with E-state index in [1.54, 1.807) is 6.20 Å². The number of fused-ring (bicyclic) bond motifs is 2. The second kappa shape index (κ2) is 8.38. The molecule has 32 heavy (non-hydrogen) atoms. The number of amides is 2. The van der Waals surface area contributed by atoms with Crippen LogP contribution in [0.2, 0.25) is 0 Å². The van der Waals surface area contributed by atoms with Crippen LogP contribution in [0.25, 0.3) is 10.9 Å². The third-order valence-electron chi connectivity index (χ3n) is 6.85. The molecule has 2 heterocycles. The Bertz CT molecular complexity index is 1140. The smallest absolute Gasteiger partial charge is 0.246 e. The fourth-order valence-corrected chi connectivity index (χ4v) is 5.28. The van der Waals surface area contributed by atoms with Crippen LogP contribution in [0, 0.1) is 11.8 Å². The molecule has 2 atom stereocenters. The molecule has 1 fully saturated rings. The number of nitrogens with zero attached hydrogens (tertiary/aromatic N) is 2. The van der Waals surface area contributed by atoms with E-state index in [1.807, 2.05) is 47.4 Å². The van der Waals surface area contributed by atoms with Gasteiger partial charge in [0.15, 0.2) is 0 Å². The molecule has 0 bridgehead atoms. The number of para-hydroxylation sites is 1. The first-order valence-electron chi connectivity index (χ1n) is 11.5. The lowest BCUT2D eigenvalue weighted by Gasteiger charge is -2.41. The molecular formula is C27H29N3O2. The van der Waals surface area contributed by atoms with Gasteiger partial charge in [0.05, 0.1) is 5.52 Å². The Hall–Kier alpha value is -3.21. The fraction of sp³-hybridized carbons (Fsp3) is 0.370. The summed E-state index contributed by atoms with van der Waals surface area (Å²) in [6, 6.07) is 17.4. The second-order valence-corrected chi connectivity index (χ2v) is 9.52. The molecule has 0 saturated carbocycles. The van der Waals surface area contributed by atoms with Crippen molar-refractivity contribution in [1.29, 1.82) is 0 Å². The van der Waals surface area contributed by atoms with Crippen LogP contribution in [-0.4, -0.2) is 33.8 Å². The summed E-state index contributed by atoms with van der Waals surface area (Å²) in [5, 5.41) is 4.14. The summed E-state index contributed by atoms with van der Waals surface area (Å²) in [5.74, 6) is 0.412. The van der Waals surface area contributed by atoms with Crippen molar-refractivity contribution >= 4 is 22.7 Å². The molecule has 1 aliphatic carbocycles. The topological polar surface area (TPSA) is 62.3 Å². The fourth-order valence-electron chi connectivity index (χ4n) is 5.28. The number of hydrogen-bond acceptors (Lipinski definition) is 3. The molecule has 5 rings (SSSR count). The Kier molecular flexibility index (Phi) is 5.41. The minimum Gasteiger partial charge on any atom is -0.342 e. The number of benzene rings is 2. The average Bonchev–Trinajstić information content (AvgIpc) is 3.22. The van der Waals surface area contributed by atoms with Crippen molar-refractivity contribution in [3.8, 4) is 0 Å². The van der Waals surface area contributed by atoms with Crippen LogP contribution in [0.15, 0.2) is 60.8 Å². The lowest BCUT2D eigenvalue weighted by Crippen LogP contribution is -2.65. The summed E-state index contributed by atoms with van der Waals surface area (Å²) in [6.07, 6.45) is 4.09. The van der Waals surface area contributed by atoms with Crippen LogP contribution in [-0.2, 0) is 29.0 Å². The third-order valence-corrected chi connectivity index (χ3v) is 6.85. The van der Waals surface area contributed by atoms with Crippen molar-refractivity contribution < 1.29 is 9.59 Å². The van der Waals surface area contributed by atoms with Gasteiger partial charge in [0, 0.05) is 18.1 Å². The maximum Gasteiger partial charge on any atom is 0.246 e. The van der Waals surface area contributed by atoms with E-state index >= 15 is 0 Å². The minimum absolute atomic E-state index is 0.0300. The molecule has 2 aliphatic rings. The standard InChI is InChI=1S/C27H29N3O2/c1-17(2)13-24-26(31)29-25(21-14-18-7-3-4-8-19(18)15-21)27(32)30(24)16-20-11-12-28-23-10-6-5-9-22(20)23/h3-12,17,21,24-25H,13-16H2,1-2H3,(H,29,31)/t24-,25-/m1/s1.